The molecule has 1 aromatic carbocycles. The maximum Gasteiger partial charge on any atom is 0.435 e. The first kappa shape index (κ1) is 21.0. The maximum atomic E-state index is 13.3. The quantitative estimate of drug-likeness (QED) is 0.691. The Kier molecular flexibility index (Phi) is 6.68. The van der Waals surface area contributed by atoms with Gasteiger partial charge in [0, 0.05) is 31.6 Å². The predicted octanol–water partition coefficient (Wildman–Crippen LogP) is 2.97. The van der Waals surface area contributed by atoms with E-state index in [2.05, 4.69) is 15.7 Å². The normalized spacial score (nSPS) is 17.1. The third-order valence-corrected chi connectivity index (χ3v) is 4.89. The zero-order chi connectivity index (χ0) is 20.9. The van der Waals surface area contributed by atoms with Gasteiger partial charge in [-0.2, -0.15) is 18.3 Å². The van der Waals surface area contributed by atoms with Crippen LogP contribution in [0.4, 0.5) is 13.2 Å². The summed E-state index contributed by atoms with van der Waals surface area (Å²) in [7, 11) is 0. The average molecular weight is 408 g/mol. The van der Waals surface area contributed by atoms with Crippen molar-refractivity contribution in [2.45, 2.75) is 31.9 Å². The lowest BCUT2D eigenvalue weighted by Crippen LogP contribution is -2.34. The van der Waals surface area contributed by atoms with E-state index in [4.69, 9.17) is 0 Å². The third-order valence-electron chi connectivity index (χ3n) is 4.89. The van der Waals surface area contributed by atoms with Gasteiger partial charge in [-0.15, -0.1) is 0 Å². The minimum Gasteiger partial charge on any atom is -0.352 e. The highest BCUT2D eigenvalue weighted by Crippen LogP contribution is 2.31. The van der Waals surface area contributed by atoms with E-state index in [0.29, 0.717) is 25.1 Å². The highest BCUT2D eigenvalue weighted by atomic mass is 19.4. The van der Waals surface area contributed by atoms with Crippen LogP contribution < -0.4 is 10.6 Å². The number of halogens is 3. The molecule has 2 heterocycles. The van der Waals surface area contributed by atoms with E-state index >= 15 is 0 Å². The van der Waals surface area contributed by atoms with Crippen LogP contribution in [0, 0.1) is 5.92 Å². The number of amides is 1. The van der Waals surface area contributed by atoms with E-state index in [1.54, 1.807) is 30.3 Å². The fraction of sp³-hybridized carbons (Fsp3) is 0.450. The van der Waals surface area contributed by atoms with Crippen LogP contribution in [0.3, 0.4) is 0 Å². The minimum atomic E-state index is -4.75. The number of aromatic nitrogens is 2. The molecule has 6 nitrogen and oxygen atoms in total. The zero-order valence-electron chi connectivity index (χ0n) is 15.8. The van der Waals surface area contributed by atoms with Gasteiger partial charge in [-0.3, -0.25) is 9.59 Å². The summed E-state index contributed by atoms with van der Waals surface area (Å²) in [4.78, 5) is 24.5. The number of piperidine rings is 1. The summed E-state index contributed by atoms with van der Waals surface area (Å²) in [6.07, 6.45) is -1.19. The summed E-state index contributed by atoms with van der Waals surface area (Å²) in [6.45, 7) is 1.70. The molecule has 1 amide bonds. The van der Waals surface area contributed by atoms with Crippen molar-refractivity contribution in [3.8, 4) is 5.69 Å². The van der Waals surface area contributed by atoms with Crippen LogP contribution in [-0.4, -0.2) is 41.1 Å². The second kappa shape index (κ2) is 9.21. The molecule has 0 radical (unpaired) electrons. The maximum absolute atomic E-state index is 13.3. The summed E-state index contributed by atoms with van der Waals surface area (Å²) in [6, 6.07) is 8.27. The monoisotopic (exact) mass is 408 g/mol. The molecular weight excluding hydrogens is 385 g/mol. The van der Waals surface area contributed by atoms with Crippen LogP contribution in [-0.2, 0) is 11.0 Å². The van der Waals surface area contributed by atoms with Crippen molar-refractivity contribution in [1.29, 1.82) is 0 Å². The molecule has 0 bridgehead atoms. The molecule has 156 valence electrons. The topological polar surface area (TPSA) is 76.0 Å². The molecule has 1 atom stereocenters. The Morgan fingerprint density at radius 3 is 2.66 bits per heavy atom. The Balaban J connectivity index is 1.61. The number of rotatable bonds is 7. The first-order chi connectivity index (χ1) is 13.9. The lowest BCUT2D eigenvalue weighted by molar-refractivity contribution is -0.141. The standard InChI is InChI=1S/C20H23F3N4O2/c21-20(22,23)18-16(13-27(26-18)15-7-2-1-3-8-15)19(29)25-11-5-9-17(28)14-6-4-10-24-12-14/h1-3,7-8,13-14,24H,4-6,9-12H2,(H,25,29). The van der Waals surface area contributed by atoms with Gasteiger partial charge in [0.05, 0.1) is 11.3 Å². The van der Waals surface area contributed by atoms with Gasteiger partial charge in [0.25, 0.3) is 5.91 Å². The Bertz CT molecular complexity index is 843. The molecule has 1 unspecified atom stereocenters. The Labute approximate surface area is 166 Å². The number of nitrogens with zero attached hydrogens (tertiary/aromatic N) is 2. The van der Waals surface area contributed by atoms with Crippen LogP contribution >= 0.6 is 0 Å². The second-order valence-electron chi connectivity index (χ2n) is 7.04. The van der Waals surface area contributed by atoms with E-state index in [1.807, 2.05) is 0 Å². The van der Waals surface area contributed by atoms with Gasteiger partial charge in [0.15, 0.2) is 5.69 Å². The molecule has 2 N–H and O–H groups in total. The Morgan fingerprint density at radius 1 is 1.24 bits per heavy atom. The summed E-state index contributed by atoms with van der Waals surface area (Å²) in [5, 5.41) is 9.21. The first-order valence-corrected chi connectivity index (χ1v) is 9.60. The van der Waals surface area contributed by atoms with Gasteiger partial charge < -0.3 is 10.6 Å². The molecule has 0 saturated carbocycles. The third kappa shape index (κ3) is 5.44. The molecule has 29 heavy (non-hydrogen) atoms. The number of carbonyl (C=O) groups excluding carboxylic acids is 2. The van der Waals surface area contributed by atoms with Crippen molar-refractivity contribution in [2.24, 2.45) is 5.92 Å². The van der Waals surface area contributed by atoms with Crippen LogP contribution in [0.5, 0.6) is 0 Å². The average Bonchev–Trinajstić information content (AvgIpc) is 3.18. The van der Waals surface area contributed by atoms with E-state index in [-0.39, 0.29) is 18.2 Å². The number of carbonyl (C=O) groups is 2. The van der Waals surface area contributed by atoms with E-state index in [1.165, 1.54) is 0 Å². The molecule has 1 aliphatic heterocycles. The molecule has 1 aliphatic rings. The van der Waals surface area contributed by atoms with Gasteiger partial charge in [-0.1, -0.05) is 18.2 Å². The first-order valence-electron chi connectivity index (χ1n) is 9.60. The van der Waals surface area contributed by atoms with Crippen molar-refractivity contribution in [2.75, 3.05) is 19.6 Å². The second-order valence-corrected chi connectivity index (χ2v) is 7.04. The number of Topliss-reactive ketones (excluding diaryl/α,β-unsaturated/α-hetero) is 1. The lowest BCUT2D eigenvalue weighted by atomic mass is 9.93. The minimum absolute atomic E-state index is 0.0135. The summed E-state index contributed by atoms with van der Waals surface area (Å²) < 4.78 is 41.0. The van der Waals surface area contributed by atoms with Crippen LogP contribution in [0.15, 0.2) is 36.5 Å². The molecule has 9 heteroatoms. The smallest absolute Gasteiger partial charge is 0.352 e. The molecule has 2 aromatic rings. The fourth-order valence-corrected chi connectivity index (χ4v) is 3.35. The van der Waals surface area contributed by atoms with Gasteiger partial charge in [0.1, 0.15) is 5.78 Å². The molecule has 1 saturated heterocycles. The molecule has 1 aromatic heterocycles. The molecule has 1 fully saturated rings. The highest BCUT2D eigenvalue weighted by molar-refractivity contribution is 5.95. The van der Waals surface area contributed by atoms with Crippen LogP contribution in [0.25, 0.3) is 5.69 Å². The van der Waals surface area contributed by atoms with Crippen molar-refractivity contribution >= 4 is 11.7 Å². The Morgan fingerprint density at radius 2 is 2.00 bits per heavy atom. The van der Waals surface area contributed by atoms with E-state index in [0.717, 1.165) is 30.3 Å². The van der Waals surface area contributed by atoms with Crippen LogP contribution in [0.1, 0.15) is 41.7 Å². The van der Waals surface area contributed by atoms with Crippen molar-refractivity contribution in [3.63, 3.8) is 0 Å². The van der Waals surface area contributed by atoms with E-state index in [9.17, 15) is 22.8 Å². The lowest BCUT2D eigenvalue weighted by Gasteiger charge is -2.21. The van der Waals surface area contributed by atoms with Gasteiger partial charge in [-0.05, 0) is 37.9 Å². The van der Waals surface area contributed by atoms with Gasteiger partial charge in [-0.25, -0.2) is 4.68 Å². The fourth-order valence-electron chi connectivity index (χ4n) is 3.35. The zero-order valence-corrected chi connectivity index (χ0v) is 15.8. The number of benzene rings is 1. The van der Waals surface area contributed by atoms with Crippen LogP contribution in [0.2, 0.25) is 0 Å². The summed E-state index contributed by atoms with van der Waals surface area (Å²) in [5.41, 5.74) is -1.35. The number of hydrogen-bond donors (Lipinski definition) is 2. The summed E-state index contributed by atoms with van der Waals surface area (Å²) >= 11 is 0. The van der Waals surface area contributed by atoms with E-state index < -0.39 is 23.3 Å². The number of ketones is 1. The predicted molar refractivity (Wildman–Crippen MR) is 101 cm³/mol. The molecule has 0 spiro atoms. The highest BCUT2D eigenvalue weighted by Gasteiger charge is 2.39. The van der Waals surface area contributed by atoms with Gasteiger partial charge >= 0.3 is 6.18 Å². The number of nitrogens with one attached hydrogen (secondary N) is 2. The van der Waals surface area contributed by atoms with Crippen molar-refractivity contribution in [1.82, 2.24) is 20.4 Å². The number of alkyl halides is 3. The molecule has 3 rings (SSSR count). The van der Waals surface area contributed by atoms with Crippen molar-refractivity contribution < 1.29 is 22.8 Å². The molecular formula is C20H23F3N4O2. The Hall–Kier alpha value is -2.68. The largest absolute Gasteiger partial charge is 0.435 e. The summed E-state index contributed by atoms with van der Waals surface area (Å²) in [5.74, 6) is -0.744. The van der Waals surface area contributed by atoms with Crippen molar-refractivity contribution in [3.05, 3.63) is 47.8 Å². The number of hydrogen-bond acceptors (Lipinski definition) is 4. The van der Waals surface area contributed by atoms with Gasteiger partial charge in [0.2, 0.25) is 0 Å². The molecule has 0 aliphatic carbocycles. The number of para-hydroxylation sites is 1. The SMILES string of the molecule is O=C(NCCCC(=O)C1CCCNC1)c1cn(-c2ccccc2)nc1C(F)(F)F.